The predicted octanol–water partition coefficient (Wildman–Crippen LogP) is 3.96. The minimum atomic E-state index is 0.138. The summed E-state index contributed by atoms with van der Waals surface area (Å²) in [4.78, 5) is 19.0. The van der Waals surface area contributed by atoms with Crippen molar-refractivity contribution in [3.63, 3.8) is 0 Å². The third-order valence-electron chi connectivity index (χ3n) is 5.40. The number of pyridine rings is 1. The van der Waals surface area contributed by atoms with Crippen molar-refractivity contribution in [3.05, 3.63) is 22.9 Å². The van der Waals surface area contributed by atoms with Crippen LogP contribution in [0.4, 0.5) is 0 Å². The van der Waals surface area contributed by atoms with E-state index < -0.39 is 0 Å². The quantitative estimate of drug-likeness (QED) is 0.748. The lowest BCUT2D eigenvalue weighted by Gasteiger charge is -2.27. The molecule has 3 rings (SSSR count). The normalized spacial score (nSPS) is 17.6. The summed E-state index contributed by atoms with van der Waals surface area (Å²) in [5.41, 5.74) is 2.96. The summed E-state index contributed by atoms with van der Waals surface area (Å²) in [5, 5.41) is 10.1. The number of thioether (sulfide) groups is 1. The molecule has 2 aliphatic rings. The van der Waals surface area contributed by atoms with E-state index in [1.54, 1.807) is 0 Å². The van der Waals surface area contributed by atoms with Crippen LogP contribution in [-0.2, 0) is 17.6 Å². The van der Waals surface area contributed by atoms with Gasteiger partial charge < -0.3 is 4.90 Å². The first-order valence-corrected chi connectivity index (χ1v) is 10.5. The molecule has 1 saturated carbocycles. The van der Waals surface area contributed by atoms with Gasteiger partial charge in [-0.3, -0.25) is 4.79 Å². The van der Waals surface area contributed by atoms with Crippen molar-refractivity contribution in [1.82, 2.24) is 9.88 Å². The molecule has 0 spiro atoms. The number of carbonyl (C=O) groups excluding carboxylic acids is 1. The molecule has 0 N–H and O–H groups in total. The standard InChI is InChI=1S/C20H27N3OS/c1-23(13-15-7-3-2-4-8-15)19(24)14-25-20-17(12-21)11-16-9-5-6-10-18(16)22-20/h11,15H,2-10,13-14H2,1H3. The van der Waals surface area contributed by atoms with Gasteiger partial charge in [0.1, 0.15) is 11.1 Å². The second kappa shape index (κ2) is 8.71. The van der Waals surface area contributed by atoms with Crippen LogP contribution in [0.1, 0.15) is 61.8 Å². The number of hydrogen-bond donors (Lipinski definition) is 0. The molecular weight excluding hydrogens is 330 g/mol. The van der Waals surface area contributed by atoms with E-state index in [4.69, 9.17) is 4.98 Å². The van der Waals surface area contributed by atoms with Gasteiger partial charge in [0, 0.05) is 19.3 Å². The maximum Gasteiger partial charge on any atom is 0.232 e. The zero-order valence-electron chi connectivity index (χ0n) is 15.1. The van der Waals surface area contributed by atoms with Crippen molar-refractivity contribution in [2.75, 3.05) is 19.3 Å². The number of carbonyl (C=O) groups is 1. The first-order valence-electron chi connectivity index (χ1n) is 9.47. The average molecular weight is 358 g/mol. The highest BCUT2D eigenvalue weighted by Gasteiger charge is 2.20. The van der Waals surface area contributed by atoms with Crippen molar-refractivity contribution in [3.8, 4) is 6.07 Å². The summed E-state index contributed by atoms with van der Waals surface area (Å²) in [7, 11) is 1.91. The Kier molecular flexibility index (Phi) is 6.36. The minimum absolute atomic E-state index is 0.138. The minimum Gasteiger partial charge on any atom is -0.345 e. The van der Waals surface area contributed by atoms with E-state index in [1.807, 2.05) is 18.0 Å². The van der Waals surface area contributed by atoms with Gasteiger partial charge in [-0.05, 0) is 56.1 Å². The van der Waals surface area contributed by atoms with Crippen LogP contribution in [0.3, 0.4) is 0 Å². The zero-order chi connectivity index (χ0) is 17.6. The van der Waals surface area contributed by atoms with Crippen molar-refractivity contribution in [2.45, 2.75) is 62.8 Å². The Hall–Kier alpha value is -1.54. The Morgan fingerprint density at radius 3 is 2.80 bits per heavy atom. The lowest BCUT2D eigenvalue weighted by Crippen LogP contribution is -2.33. The first kappa shape index (κ1) is 18.3. The first-order chi connectivity index (χ1) is 12.2. The SMILES string of the molecule is CN(CC1CCCCC1)C(=O)CSc1nc2c(cc1C#N)CCCC2. The fourth-order valence-electron chi connectivity index (χ4n) is 3.90. The molecule has 1 aromatic heterocycles. The van der Waals surface area contributed by atoms with Gasteiger partial charge in [-0.15, -0.1) is 0 Å². The Morgan fingerprint density at radius 2 is 2.04 bits per heavy atom. The molecule has 0 unspecified atom stereocenters. The Bertz CT molecular complexity index is 662. The molecule has 1 fully saturated rings. The van der Waals surface area contributed by atoms with Crippen molar-refractivity contribution >= 4 is 17.7 Å². The van der Waals surface area contributed by atoms with E-state index in [0.717, 1.165) is 30.1 Å². The van der Waals surface area contributed by atoms with Crippen LogP contribution >= 0.6 is 11.8 Å². The molecule has 134 valence electrons. The molecule has 1 aromatic rings. The number of aryl methyl sites for hydroxylation is 2. The van der Waals surface area contributed by atoms with Gasteiger partial charge in [0.25, 0.3) is 0 Å². The van der Waals surface area contributed by atoms with Gasteiger partial charge in [0.15, 0.2) is 0 Å². The second-order valence-electron chi connectivity index (χ2n) is 7.33. The molecule has 0 aliphatic heterocycles. The van der Waals surface area contributed by atoms with Crippen molar-refractivity contribution in [1.29, 1.82) is 5.26 Å². The predicted molar refractivity (Wildman–Crippen MR) is 101 cm³/mol. The fourth-order valence-corrected chi connectivity index (χ4v) is 4.82. The molecule has 0 atom stereocenters. The summed E-state index contributed by atoms with van der Waals surface area (Å²) >= 11 is 1.42. The molecule has 1 amide bonds. The molecule has 0 bridgehead atoms. The summed E-state index contributed by atoms with van der Waals surface area (Å²) in [6.07, 6.45) is 10.8. The maximum atomic E-state index is 12.5. The number of nitrogens with zero attached hydrogens (tertiary/aromatic N) is 3. The topological polar surface area (TPSA) is 57.0 Å². The van der Waals surface area contributed by atoms with E-state index >= 15 is 0 Å². The molecule has 0 aromatic carbocycles. The Morgan fingerprint density at radius 1 is 1.28 bits per heavy atom. The summed E-state index contributed by atoms with van der Waals surface area (Å²) in [6, 6.07) is 4.24. The van der Waals surface area contributed by atoms with E-state index in [2.05, 4.69) is 6.07 Å². The number of fused-ring (bicyclic) bond motifs is 1. The zero-order valence-corrected chi connectivity index (χ0v) is 15.9. The average Bonchev–Trinajstić information content (AvgIpc) is 2.66. The number of amides is 1. The molecule has 0 saturated heterocycles. The van der Waals surface area contributed by atoms with Gasteiger partial charge in [0.05, 0.1) is 11.3 Å². The largest absolute Gasteiger partial charge is 0.345 e. The summed E-state index contributed by atoms with van der Waals surface area (Å²) in [5.74, 6) is 1.16. The molecular formula is C20H27N3OS. The van der Waals surface area contributed by atoms with Crippen LogP contribution in [0.5, 0.6) is 0 Å². The number of hydrogen-bond acceptors (Lipinski definition) is 4. The molecule has 1 heterocycles. The van der Waals surface area contributed by atoms with Gasteiger partial charge >= 0.3 is 0 Å². The van der Waals surface area contributed by atoms with Crippen LogP contribution < -0.4 is 0 Å². The third kappa shape index (κ3) is 4.76. The number of nitriles is 1. The highest BCUT2D eigenvalue weighted by Crippen LogP contribution is 2.28. The Balaban J connectivity index is 1.58. The highest BCUT2D eigenvalue weighted by atomic mass is 32.2. The Labute approximate surface area is 155 Å². The molecule has 0 radical (unpaired) electrons. The third-order valence-corrected chi connectivity index (χ3v) is 6.38. The smallest absolute Gasteiger partial charge is 0.232 e. The van der Waals surface area contributed by atoms with E-state index in [9.17, 15) is 10.1 Å². The molecule has 5 heteroatoms. The monoisotopic (exact) mass is 357 g/mol. The van der Waals surface area contributed by atoms with Gasteiger partial charge in [0.2, 0.25) is 5.91 Å². The van der Waals surface area contributed by atoms with Gasteiger partial charge in [-0.1, -0.05) is 31.0 Å². The summed E-state index contributed by atoms with van der Waals surface area (Å²) in [6.45, 7) is 0.863. The fraction of sp³-hybridized carbons (Fsp3) is 0.650. The van der Waals surface area contributed by atoms with Gasteiger partial charge in [-0.2, -0.15) is 5.26 Å². The maximum absolute atomic E-state index is 12.5. The van der Waals surface area contributed by atoms with Crippen LogP contribution in [0.25, 0.3) is 0 Å². The van der Waals surface area contributed by atoms with Crippen molar-refractivity contribution in [2.24, 2.45) is 5.92 Å². The molecule has 2 aliphatic carbocycles. The summed E-state index contributed by atoms with van der Waals surface area (Å²) < 4.78 is 0. The van der Waals surface area contributed by atoms with Gasteiger partial charge in [-0.25, -0.2) is 4.98 Å². The van der Waals surface area contributed by atoms with E-state index in [-0.39, 0.29) is 5.91 Å². The lowest BCUT2D eigenvalue weighted by molar-refractivity contribution is -0.127. The molecule has 25 heavy (non-hydrogen) atoms. The second-order valence-corrected chi connectivity index (χ2v) is 8.30. The number of aromatic nitrogens is 1. The number of rotatable bonds is 5. The van der Waals surface area contributed by atoms with E-state index in [1.165, 1.54) is 62.3 Å². The van der Waals surface area contributed by atoms with Crippen LogP contribution in [0, 0.1) is 17.2 Å². The van der Waals surface area contributed by atoms with Crippen molar-refractivity contribution < 1.29 is 4.79 Å². The van der Waals surface area contributed by atoms with E-state index in [0.29, 0.717) is 17.2 Å². The lowest BCUT2D eigenvalue weighted by atomic mass is 9.89. The molecule has 4 nitrogen and oxygen atoms in total. The van der Waals surface area contributed by atoms with Crippen LogP contribution in [-0.4, -0.2) is 35.1 Å². The van der Waals surface area contributed by atoms with Crippen LogP contribution in [0.2, 0.25) is 0 Å². The van der Waals surface area contributed by atoms with Crippen LogP contribution in [0.15, 0.2) is 11.1 Å². The highest BCUT2D eigenvalue weighted by molar-refractivity contribution is 7.99.